The van der Waals surface area contributed by atoms with Crippen LogP contribution in [0.25, 0.3) is 23.1 Å². The Balaban J connectivity index is 1.81. The standard InChI is InChI=1S/C25H29Cl3N4/c1-4-32(5-2)14-6-7-17(3)29-25-20-11-10-19(26)16-23(20)30-24(31-25)13-9-18-8-12-21(27)22(28)15-18/h8-13,15-17H,4-7,14H2,1-3H3,(H,29,30,31)/b13-9+. The van der Waals surface area contributed by atoms with Crippen molar-refractivity contribution in [3.05, 3.63) is 62.9 Å². The van der Waals surface area contributed by atoms with Crippen molar-refractivity contribution in [3.8, 4) is 0 Å². The zero-order valence-corrected chi connectivity index (χ0v) is 21.0. The first-order valence-corrected chi connectivity index (χ1v) is 12.1. The van der Waals surface area contributed by atoms with Crippen LogP contribution in [0.15, 0.2) is 36.4 Å². The highest BCUT2D eigenvalue weighted by Crippen LogP contribution is 2.26. The molecular formula is C25H29Cl3N4. The van der Waals surface area contributed by atoms with Gasteiger partial charge in [0.2, 0.25) is 0 Å². The largest absolute Gasteiger partial charge is 0.367 e. The van der Waals surface area contributed by atoms with E-state index >= 15 is 0 Å². The smallest absolute Gasteiger partial charge is 0.154 e. The number of anilines is 1. The summed E-state index contributed by atoms with van der Waals surface area (Å²) in [6.45, 7) is 9.88. The third kappa shape index (κ3) is 6.82. The molecule has 1 heterocycles. The maximum absolute atomic E-state index is 6.23. The lowest BCUT2D eigenvalue weighted by molar-refractivity contribution is 0.295. The summed E-state index contributed by atoms with van der Waals surface area (Å²) >= 11 is 18.4. The molecule has 0 bridgehead atoms. The van der Waals surface area contributed by atoms with Crippen molar-refractivity contribution in [2.24, 2.45) is 0 Å². The molecule has 32 heavy (non-hydrogen) atoms. The predicted octanol–water partition coefficient (Wildman–Crippen LogP) is 7.68. The van der Waals surface area contributed by atoms with E-state index in [2.05, 4.69) is 36.0 Å². The molecule has 3 aromatic rings. The van der Waals surface area contributed by atoms with Gasteiger partial charge in [0.25, 0.3) is 0 Å². The van der Waals surface area contributed by atoms with Crippen molar-refractivity contribution >= 4 is 63.7 Å². The molecule has 0 saturated heterocycles. The second kappa shape index (κ2) is 11.9. The summed E-state index contributed by atoms with van der Waals surface area (Å²) < 4.78 is 0. The van der Waals surface area contributed by atoms with E-state index in [0.29, 0.717) is 20.9 Å². The van der Waals surface area contributed by atoms with Gasteiger partial charge >= 0.3 is 0 Å². The molecule has 4 nitrogen and oxygen atoms in total. The number of nitrogens with one attached hydrogen (secondary N) is 1. The minimum Gasteiger partial charge on any atom is -0.367 e. The highest BCUT2D eigenvalue weighted by Gasteiger charge is 2.11. The fraction of sp³-hybridized carbons (Fsp3) is 0.360. The third-order valence-corrected chi connectivity index (χ3v) is 6.41. The highest BCUT2D eigenvalue weighted by atomic mass is 35.5. The average molecular weight is 492 g/mol. The summed E-state index contributed by atoms with van der Waals surface area (Å²) in [7, 11) is 0. The Morgan fingerprint density at radius 1 is 0.969 bits per heavy atom. The van der Waals surface area contributed by atoms with Gasteiger partial charge in [0.05, 0.1) is 15.6 Å². The molecule has 0 aliphatic carbocycles. The molecule has 1 N–H and O–H groups in total. The van der Waals surface area contributed by atoms with Crippen LogP contribution in [-0.2, 0) is 0 Å². The fourth-order valence-corrected chi connectivity index (χ4v) is 4.03. The van der Waals surface area contributed by atoms with Crippen molar-refractivity contribution in [2.75, 3.05) is 25.0 Å². The Hall–Kier alpha value is -1.85. The summed E-state index contributed by atoms with van der Waals surface area (Å²) in [5.41, 5.74) is 1.73. The van der Waals surface area contributed by atoms with Crippen LogP contribution in [-0.4, -0.2) is 40.5 Å². The van der Waals surface area contributed by atoms with Gasteiger partial charge in [0.1, 0.15) is 5.82 Å². The quantitative estimate of drug-likeness (QED) is 0.316. The number of halogens is 3. The minimum absolute atomic E-state index is 0.284. The molecule has 2 aromatic carbocycles. The summed E-state index contributed by atoms with van der Waals surface area (Å²) in [5, 5.41) is 6.23. The molecule has 170 valence electrons. The summed E-state index contributed by atoms with van der Waals surface area (Å²) in [4.78, 5) is 11.9. The topological polar surface area (TPSA) is 41.0 Å². The highest BCUT2D eigenvalue weighted by molar-refractivity contribution is 6.42. The maximum atomic E-state index is 6.23. The number of aromatic nitrogens is 2. The van der Waals surface area contributed by atoms with Crippen molar-refractivity contribution in [2.45, 2.75) is 39.7 Å². The lowest BCUT2D eigenvalue weighted by Gasteiger charge is -2.20. The van der Waals surface area contributed by atoms with Gasteiger partial charge in [-0.2, -0.15) is 0 Å². The van der Waals surface area contributed by atoms with Crippen molar-refractivity contribution < 1.29 is 0 Å². The summed E-state index contributed by atoms with van der Waals surface area (Å²) in [6.07, 6.45) is 5.99. The Bertz CT molecular complexity index is 1080. The molecule has 3 rings (SSSR count). The van der Waals surface area contributed by atoms with Crippen LogP contribution in [0.5, 0.6) is 0 Å². The van der Waals surface area contributed by atoms with Gasteiger partial charge in [-0.15, -0.1) is 0 Å². The first-order valence-electron chi connectivity index (χ1n) is 11.0. The zero-order valence-electron chi connectivity index (χ0n) is 18.7. The van der Waals surface area contributed by atoms with Crippen LogP contribution in [0, 0.1) is 0 Å². The predicted molar refractivity (Wildman–Crippen MR) is 140 cm³/mol. The molecule has 0 fully saturated rings. The minimum atomic E-state index is 0.284. The van der Waals surface area contributed by atoms with Gasteiger partial charge in [-0.1, -0.05) is 60.8 Å². The average Bonchev–Trinajstić information content (AvgIpc) is 2.77. The second-order valence-electron chi connectivity index (χ2n) is 7.81. The molecule has 1 unspecified atom stereocenters. The molecule has 1 atom stereocenters. The first-order chi connectivity index (χ1) is 15.4. The Kier molecular flexibility index (Phi) is 9.18. The lowest BCUT2D eigenvalue weighted by Crippen LogP contribution is -2.25. The van der Waals surface area contributed by atoms with E-state index in [4.69, 9.17) is 39.8 Å². The molecule has 0 amide bonds. The number of nitrogens with zero attached hydrogens (tertiary/aromatic N) is 3. The molecular weight excluding hydrogens is 463 g/mol. The van der Waals surface area contributed by atoms with Gasteiger partial charge in [-0.3, -0.25) is 0 Å². The van der Waals surface area contributed by atoms with Gasteiger partial charge < -0.3 is 10.2 Å². The zero-order chi connectivity index (χ0) is 23.1. The van der Waals surface area contributed by atoms with Gasteiger partial charge in [0, 0.05) is 16.5 Å². The SMILES string of the molecule is CCN(CC)CCCC(C)Nc1nc(/C=C/c2ccc(Cl)c(Cl)c2)nc2cc(Cl)ccc12. The maximum Gasteiger partial charge on any atom is 0.154 e. The van der Waals surface area contributed by atoms with Crippen LogP contribution in [0.1, 0.15) is 45.0 Å². The number of hydrogen-bond acceptors (Lipinski definition) is 4. The van der Waals surface area contributed by atoms with Crippen molar-refractivity contribution in [1.29, 1.82) is 0 Å². The Morgan fingerprint density at radius 2 is 1.75 bits per heavy atom. The van der Waals surface area contributed by atoms with E-state index in [1.54, 1.807) is 6.07 Å². The van der Waals surface area contributed by atoms with Gasteiger partial charge in [0.15, 0.2) is 5.82 Å². The van der Waals surface area contributed by atoms with E-state index in [0.717, 1.165) is 54.8 Å². The Labute approximate surface area is 205 Å². The number of benzene rings is 2. The monoisotopic (exact) mass is 490 g/mol. The molecule has 0 saturated carbocycles. The van der Waals surface area contributed by atoms with Crippen LogP contribution in [0.2, 0.25) is 15.1 Å². The second-order valence-corrected chi connectivity index (χ2v) is 9.06. The summed E-state index contributed by atoms with van der Waals surface area (Å²) in [6, 6.07) is 11.5. The molecule has 0 radical (unpaired) electrons. The molecule has 0 spiro atoms. The van der Waals surface area contributed by atoms with Gasteiger partial charge in [-0.25, -0.2) is 9.97 Å². The number of hydrogen-bond donors (Lipinski definition) is 1. The fourth-order valence-electron chi connectivity index (χ4n) is 3.56. The normalized spacial score (nSPS) is 12.7. The van der Waals surface area contributed by atoms with Crippen LogP contribution < -0.4 is 5.32 Å². The van der Waals surface area contributed by atoms with Crippen LogP contribution in [0.3, 0.4) is 0 Å². The van der Waals surface area contributed by atoms with E-state index < -0.39 is 0 Å². The number of fused-ring (bicyclic) bond motifs is 1. The van der Waals surface area contributed by atoms with E-state index in [1.165, 1.54) is 0 Å². The number of rotatable bonds is 10. The van der Waals surface area contributed by atoms with Crippen LogP contribution >= 0.6 is 34.8 Å². The van der Waals surface area contributed by atoms with Crippen molar-refractivity contribution in [3.63, 3.8) is 0 Å². The molecule has 1 aromatic heterocycles. The molecule has 7 heteroatoms. The summed E-state index contributed by atoms with van der Waals surface area (Å²) in [5.74, 6) is 1.42. The van der Waals surface area contributed by atoms with Gasteiger partial charge in [-0.05, 0) is 81.4 Å². The van der Waals surface area contributed by atoms with E-state index in [-0.39, 0.29) is 6.04 Å². The third-order valence-electron chi connectivity index (χ3n) is 5.43. The van der Waals surface area contributed by atoms with E-state index in [9.17, 15) is 0 Å². The Morgan fingerprint density at radius 3 is 2.47 bits per heavy atom. The van der Waals surface area contributed by atoms with E-state index in [1.807, 2.05) is 42.5 Å². The van der Waals surface area contributed by atoms with Crippen LogP contribution in [0.4, 0.5) is 5.82 Å². The molecule has 0 aliphatic rings. The van der Waals surface area contributed by atoms with Crippen molar-refractivity contribution in [1.82, 2.24) is 14.9 Å². The first kappa shape index (κ1) is 24.8. The lowest BCUT2D eigenvalue weighted by atomic mass is 10.1. The molecule has 0 aliphatic heterocycles.